The number of rotatable bonds is 3. The Morgan fingerprint density at radius 2 is 1.48 bits per heavy atom. The molecular weight excluding hydrogens is 336 g/mol. The number of carbonyl (C=O) groups is 2. The number of Topliss-reactive ketones (excluding diaryl/α,β-unsaturated/α-hetero) is 1. The average molecular weight is 358 g/mol. The molecule has 27 heavy (non-hydrogen) atoms. The van der Waals surface area contributed by atoms with E-state index in [2.05, 4.69) is 11.4 Å². The van der Waals surface area contributed by atoms with Crippen LogP contribution in [0.2, 0.25) is 0 Å². The van der Waals surface area contributed by atoms with Crippen LogP contribution in [0.1, 0.15) is 23.2 Å². The normalized spacial score (nSPS) is 14.9. The number of ketones is 1. The van der Waals surface area contributed by atoms with Crippen molar-refractivity contribution in [2.45, 2.75) is 12.8 Å². The molecule has 3 aromatic carbocycles. The SMILES string of the molecule is O=C(c1ccccc1)C1CCN(C(=O)Nc2ccc3ccccc3c2)CC1. The highest BCUT2D eigenvalue weighted by Gasteiger charge is 2.27. The standard InChI is InChI=1S/C23H22N2O2/c26-22(18-7-2-1-3-8-18)19-12-14-25(15-13-19)23(27)24-21-11-10-17-6-4-5-9-20(17)16-21/h1-11,16,19H,12-15H2,(H,24,27). The number of hydrogen-bond acceptors (Lipinski definition) is 2. The second-order valence-electron chi connectivity index (χ2n) is 6.98. The van der Waals surface area contributed by atoms with E-state index in [9.17, 15) is 9.59 Å². The Morgan fingerprint density at radius 3 is 2.22 bits per heavy atom. The fraction of sp³-hybridized carbons (Fsp3) is 0.217. The van der Waals surface area contributed by atoms with Crippen molar-refractivity contribution in [2.24, 2.45) is 5.92 Å². The van der Waals surface area contributed by atoms with Crippen LogP contribution in [0.4, 0.5) is 10.5 Å². The van der Waals surface area contributed by atoms with E-state index in [1.807, 2.05) is 66.7 Å². The predicted octanol–water partition coefficient (Wildman–Crippen LogP) is 4.97. The van der Waals surface area contributed by atoms with E-state index in [-0.39, 0.29) is 17.7 Å². The van der Waals surface area contributed by atoms with Crippen LogP contribution in [0.5, 0.6) is 0 Å². The van der Waals surface area contributed by atoms with Gasteiger partial charge in [0.1, 0.15) is 0 Å². The van der Waals surface area contributed by atoms with Crippen molar-refractivity contribution >= 4 is 28.3 Å². The second kappa shape index (κ2) is 7.62. The lowest BCUT2D eigenvalue weighted by atomic mass is 9.89. The predicted molar refractivity (Wildman–Crippen MR) is 108 cm³/mol. The number of fused-ring (bicyclic) bond motifs is 1. The quantitative estimate of drug-likeness (QED) is 0.672. The number of piperidine rings is 1. The van der Waals surface area contributed by atoms with Crippen molar-refractivity contribution < 1.29 is 9.59 Å². The number of anilines is 1. The molecule has 1 aliphatic rings. The molecule has 0 saturated carbocycles. The molecule has 0 unspecified atom stereocenters. The Morgan fingerprint density at radius 1 is 0.815 bits per heavy atom. The van der Waals surface area contributed by atoms with Crippen molar-refractivity contribution in [1.82, 2.24) is 4.90 Å². The summed E-state index contributed by atoms with van der Waals surface area (Å²) in [7, 11) is 0. The maximum absolute atomic E-state index is 12.6. The van der Waals surface area contributed by atoms with Gasteiger partial charge in [0.15, 0.2) is 5.78 Å². The first-order valence-corrected chi connectivity index (χ1v) is 9.35. The molecular formula is C23H22N2O2. The lowest BCUT2D eigenvalue weighted by molar-refractivity contribution is 0.0859. The summed E-state index contributed by atoms with van der Waals surface area (Å²) in [4.78, 5) is 26.9. The van der Waals surface area contributed by atoms with Gasteiger partial charge < -0.3 is 10.2 Å². The highest BCUT2D eigenvalue weighted by molar-refractivity contribution is 5.98. The highest BCUT2D eigenvalue weighted by Crippen LogP contribution is 2.23. The van der Waals surface area contributed by atoms with Gasteiger partial charge in [0.25, 0.3) is 0 Å². The topological polar surface area (TPSA) is 49.4 Å². The summed E-state index contributed by atoms with van der Waals surface area (Å²) in [6.07, 6.45) is 1.41. The number of nitrogens with zero attached hydrogens (tertiary/aromatic N) is 1. The van der Waals surface area contributed by atoms with Crippen LogP contribution < -0.4 is 5.32 Å². The van der Waals surface area contributed by atoms with Gasteiger partial charge in [-0.1, -0.05) is 60.7 Å². The van der Waals surface area contributed by atoms with Crippen molar-refractivity contribution in [3.05, 3.63) is 78.4 Å². The Bertz CT molecular complexity index is 960. The molecule has 1 heterocycles. The first-order chi connectivity index (χ1) is 13.2. The lowest BCUT2D eigenvalue weighted by Gasteiger charge is -2.31. The third-order valence-corrected chi connectivity index (χ3v) is 5.21. The van der Waals surface area contributed by atoms with Crippen LogP contribution in [0, 0.1) is 5.92 Å². The highest BCUT2D eigenvalue weighted by atomic mass is 16.2. The molecule has 4 nitrogen and oxygen atoms in total. The maximum atomic E-state index is 12.6. The number of nitrogens with one attached hydrogen (secondary N) is 1. The number of amides is 2. The van der Waals surface area contributed by atoms with Crippen LogP contribution in [-0.2, 0) is 0 Å². The van der Waals surface area contributed by atoms with Gasteiger partial charge >= 0.3 is 6.03 Å². The first-order valence-electron chi connectivity index (χ1n) is 9.35. The molecule has 1 fully saturated rings. The molecule has 0 aromatic heterocycles. The largest absolute Gasteiger partial charge is 0.324 e. The third kappa shape index (κ3) is 3.85. The van der Waals surface area contributed by atoms with Gasteiger partial charge in [0.2, 0.25) is 0 Å². The molecule has 2 amide bonds. The van der Waals surface area contributed by atoms with Crippen molar-refractivity contribution in [3.63, 3.8) is 0 Å². The molecule has 0 spiro atoms. The Hall–Kier alpha value is -3.14. The van der Waals surface area contributed by atoms with E-state index in [4.69, 9.17) is 0 Å². The average Bonchev–Trinajstić information content (AvgIpc) is 2.74. The molecule has 136 valence electrons. The van der Waals surface area contributed by atoms with Crippen LogP contribution >= 0.6 is 0 Å². The maximum Gasteiger partial charge on any atom is 0.321 e. The Balaban J connectivity index is 1.36. The molecule has 0 radical (unpaired) electrons. The van der Waals surface area contributed by atoms with Gasteiger partial charge in [-0.25, -0.2) is 4.79 Å². The summed E-state index contributed by atoms with van der Waals surface area (Å²) < 4.78 is 0. The zero-order valence-electron chi connectivity index (χ0n) is 15.1. The van der Waals surface area contributed by atoms with E-state index in [0.29, 0.717) is 25.9 Å². The summed E-state index contributed by atoms with van der Waals surface area (Å²) in [6, 6.07) is 23.3. The molecule has 1 saturated heterocycles. The van der Waals surface area contributed by atoms with Crippen LogP contribution in [0.3, 0.4) is 0 Å². The molecule has 4 rings (SSSR count). The smallest absolute Gasteiger partial charge is 0.321 e. The zero-order valence-corrected chi connectivity index (χ0v) is 15.1. The Labute approximate surface area is 158 Å². The van der Waals surface area contributed by atoms with Gasteiger partial charge in [-0.3, -0.25) is 4.79 Å². The van der Waals surface area contributed by atoms with E-state index < -0.39 is 0 Å². The fourth-order valence-corrected chi connectivity index (χ4v) is 3.65. The van der Waals surface area contributed by atoms with Crippen LogP contribution in [0.15, 0.2) is 72.8 Å². The summed E-state index contributed by atoms with van der Waals surface area (Å²) in [6.45, 7) is 1.20. The van der Waals surface area contributed by atoms with Crippen molar-refractivity contribution in [3.8, 4) is 0 Å². The van der Waals surface area contributed by atoms with Gasteiger partial charge in [-0.15, -0.1) is 0 Å². The fourth-order valence-electron chi connectivity index (χ4n) is 3.65. The molecule has 0 atom stereocenters. The van der Waals surface area contributed by atoms with Crippen molar-refractivity contribution in [1.29, 1.82) is 0 Å². The van der Waals surface area contributed by atoms with Gasteiger partial charge in [-0.05, 0) is 35.7 Å². The molecule has 4 heteroatoms. The summed E-state index contributed by atoms with van der Waals surface area (Å²) in [5.41, 5.74) is 1.55. The molecule has 1 N–H and O–H groups in total. The first kappa shape index (κ1) is 17.3. The van der Waals surface area contributed by atoms with E-state index in [1.54, 1.807) is 4.90 Å². The third-order valence-electron chi connectivity index (χ3n) is 5.21. The molecule has 3 aromatic rings. The van der Waals surface area contributed by atoms with Gasteiger partial charge in [0.05, 0.1) is 0 Å². The van der Waals surface area contributed by atoms with Gasteiger partial charge in [-0.2, -0.15) is 0 Å². The molecule has 0 aliphatic carbocycles. The van der Waals surface area contributed by atoms with Gasteiger partial charge in [0, 0.05) is 30.3 Å². The monoisotopic (exact) mass is 358 g/mol. The minimum Gasteiger partial charge on any atom is -0.324 e. The minimum absolute atomic E-state index is 0.00267. The van der Waals surface area contributed by atoms with E-state index >= 15 is 0 Å². The number of likely N-dealkylation sites (tertiary alicyclic amines) is 1. The van der Waals surface area contributed by atoms with Crippen LogP contribution in [-0.4, -0.2) is 29.8 Å². The molecule has 1 aliphatic heterocycles. The number of urea groups is 1. The lowest BCUT2D eigenvalue weighted by Crippen LogP contribution is -2.42. The molecule has 0 bridgehead atoms. The number of benzene rings is 3. The summed E-state index contributed by atoms with van der Waals surface area (Å²) in [5, 5.41) is 5.23. The minimum atomic E-state index is -0.101. The van der Waals surface area contributed by atoms with Crippen molar-refractivity contribution in [2.75, 3.05) is 18.4 Å². The number of carbonyl (C=O) groups excluding carboxylic acids is 2. The second-order valence-corrected chi connectivity index (χ2v) is 6.98. The summed E-state index contributed by atoms with van der Waals surface area (Å²) in [5.74, 6) is 0.183. The summed E-state index contributed by atoms with van der Waals surface area (Å²) >= 11 is 0. The zero-order chi connectivity index (χ0) is 18.6. The van der Waals surface area contributed by atoms with E-state index in [1.165, 1.54) is 0 Å². The Kier molecular flexibility index (Phi) is 4.88. The van der Waals surface area contributed by atoms with Crippen LogP contribution in [0.25, 0.3) is 10.8 Å². The number of hydrogen-bond donors (Lipinski definition) is 1. The van der Waals surface area contributed by atoms with E-state index in [0.717, 1.165) is 22.0 Å².